The summed E-state index contributed by atoms with van der Waals surface area (Å²) < 4.78 is 21.1. The van der Waals surface area contributed by atoms with Crippen molar-refractivity contribution in [3.63, 3.8) is 0 Å². The number of pyridine rings is 2. The van der Waals surface area contributed by atoms with Crippen LogP contribution in [0, 0.1) is 11.7 Å². The van der Waals surface area contributed by atoms with Gasteiger partial charge in [0.05, 0.1) is 28.5 Å². The average molecular weight is 666 g/mol. The van der Waals surface area contributed by atoms with Crippen molar-refractivity contribution < 1.29 is 19.0 Å². The number of carbonyl (C=O) groups excluding carboxylic acids is 1. The number of nitrogens with zero attached hydrogens (tertiary/aromatic N) is 3. The van der Waals surface area contributed by atoms with E-state index in [2.05, 4.69) is 25.8 Å². The number of benzene rings is 2. The number of aliphatic hydroxyl groups is 1. The van der Waals surface area contributed by atoms with Crippen molar-refractivity contribution in [1.29, 1.82) is 0 Å². The summed E-state index contributed by atoms with van der Waals surface area (Å²) in [5.74, 6) is 0.739. The molecule has 2 aromatic carbocycles. The number of amides is 1. The van der Waals surface area contributed by atoms with E-state index in [9.17, 15) is 9.90 Å². The number of carbonyl (C=O) groups is 1. The van der Waals surface area contributed by atoms with E-state index in [-0.39, 0.29) is 36.0 Å². The molecular formula is C34H35Cl2FN6O3. The predicted octanol–water partition coefficient (Wildman–Crippen LogP) is 5.80. The SMILES string of the molecule is COc1nc(-c2cccc(-c3ccnc(Nc4cccc(CN5CC(CO)C5)c4F)c3Cl)c2Cl)ccc1CNC[C@H]1CCC(=O)N1. The topological polar surface area (TPSA) is 112 Å². The summed E-state index contributed by atoms with van der Waals surface area (Å²) in [6.45, 7) is 3.29. The molecule has 0 unspecified atom stereocenters. The van der Waals surface area contributed by atoms with Crippen LogP contribution in [0.3, 0.4) is 0 Å². The highest BCUT2D eigenvalue weighted by atomic mass is 35.5. The molecule has 0 radical (unpaired) electrons. The van der Waals surface area contributed by atoms with Gasteiger partial charge in [0.1, 0.15) is 5.82 Å². The number of aliphatic hydroxyl groups excluding tert-OH is 1. The van der Waals surface area contributed by atoms with Crippen LogP contribution in [0.1, 0.15) is 24.0 Å². The molecular weight excluding hydrogens is 630 g/mol. The van der Waals surface area contributed by atoms with Crippen LogP contribution in [0.15, 0.2) is 60.8 Å². The number of anilines is 2. The first kappa shape index (κ1) is 32.2. The van der Waals surface area contributed by atoms with Crippen LogP contribution in [0.25, 0.3) is 22.4 Å². The molecule has 2 saturated heterocycles. The van der Waals surface area contributed by atoms with Crippen molar-refractivity contribution >= 4 is 40.6 Å². The van der Waals surface area contributed by atoms with Gasteiger partial charge < -0.3 is 25.8 Å². The van der Waals surface area contributed by atoms with Crippen molar-refractivity contribution in [2.24, 2.45) is 5.92 Å². The zero-order chi connectivity index (χ0) is 32.2. The van der Waals surface area contributed by atoms with Crippen LogP contribution in [0.2, 0.25) is 10.0 Å². The van der Waals surface area contributed by atoms with Crippen molar-refractivity contribution in [2.45, 2.75) is 32.0 Å². The van der Waals surface area contributed by atoms with Crippen LogP contribution in [-0.2, 0) is 17.9 Å². The van der Waals surface area contributed by atoms with Crippen LogP contribution >= 0.6 is 23.2 Å². The zero-order valence-electron chi connectivity index (χ0n) is 25.3. The molecule has 0 spiro atoms. The molecule has 4 heterocycles. The van der Waals surface area contributed by atoms with Gasteiger partial charge in [0.2, 0.25) is 11.8 Å². The molecule has 9 nitrogen and oxygen atoms in total. The first-order chi connectivity index (χ1) is 22.3. The Labute approximate surface area is 277 Å². The van der Waals surface area contributed by atoms with E-state index in [1.165, 1.54) is 0 Å². The number of ether oxygens (including phenoxy) is 1. The number of methoxy groups -OCH3 is 1. The van der Waals surface area contributed by atoms with E-state index in [1.807, 2.05) is 30.3 Å². The molecule has 1 amide bonds. The Kier molecular flexibility index (Phi) is 10.0. The normalized spacial score (nSPS) is 16.7. The third kappa shape index (κ3) is 6.96. The Morgan fingerprint density at radius 1 is 1.04 bits per heavy atom. The highest BCUT2D eigenvalue weighted by Gasteiger charge is 2.27. The van der Waals surface area contributed by atoms with Gasteiger partial charge in [-0.1, -0.05) is 59.6 Å². The minimum Gasteiger partial charge on any atom is -0.481 e. The molecule has 0 aliphatic carbocycles. The minimum absolute atomic E-state index is 0.0883. The van der Waals surface area contributed by atoms with Gasteiger partial charge in [-0.05, 0) is 24.6 Å². The fourth-order valence-electron chi connectivity index (χ4n) is 5.91. The molecule has 0 saturated carbocycles. The lowest BCUT2D eigenvalue weighted by atomic mass is 10.00. The van der Waals surface area contributed by atoms with Gasteiger partial charge in [-0.2, -0.15) is 0 Å². The van der Waals surface area contributed by atoms with Gasteiger partial charge in [-0.25, -0.2) is 14.4 Å². The predicted molar refractivity (Wildman–Crippen MR) is 178 cm³/mol. The summed E-state index contributed by atoms with van der Waals surface area (Å²) >= 11 is 13.9. The summed E-state index contributed by atoms with van der Waals surface area (Å²) in [5.41, 5.74) is 4.33. The van der Waals surface area contributed by atoms with Crippen LogP contribution in [-0.4, -0.2) is 65.3 Å². The summed E-state index contributed by atoms with van der Waals surface area (Å²) in [6.07, 6.45) is 2.99. The lowest BCUT2D eigenvalue weighted by molar-refractivity contribution is -0.119. The van der Waals surface area contributed by atoms with Crippen LogP contribution in [0.5, 0.6) is 5.88 Å². The maximum atomic E-state index is 15.5. The molecule has 2 aliphatic heterocycles. The van der Waals surface area contributed by atoms with E-state index in [0.29, 0.717) is 75.7 Å². The maximum absolute atomic E-state index is 15.5. The molecule has 6 rings (SSSR count). The van der Waals surface area contributed by atoms with Crippen molar-refractivity contribution in [1.82, 2.24) is 25.5 Å². The quantitative estimate of drug-likeness (QED) is 0.150. The van der Waals surface area contributed by atoms with E-state index < -0.39 is 0 Å². The summed E-state index contributed by atoms with van der Waals surface area (Å²) in [7, 11) is 1.58. The average Bonchev–Trinajstić information content (AvgIpc) is 3.46. The minimum atomic E-state index is -0.373. The second-order valence-corrected chi connectivity index (χ2v) is 12.4. The van der Waals surface area contributed by atoms with E-state index in [0.717, 1.165) is 25.1 Å². The Morgan fingerprint density at radius 3 is 2.59 bits per heavy atom. The molecule has 12 heteroatoms. The Balaban J connectivity index is 1.20. The Hall–Kier alpha value is -3.80. The molecule has 240 valence electrons. The molecule has 1 atom stereocenters. The third-order valence-electron chi connectivity index (χ3n) is 8.39. The van der Waals surface area contributed by atoms with Gasteiger partial charge in [0.25, 0.3) is 0 Å². The smallest absolute Gasteiger partial charge is 0.220 e. The summed E-state index contributed by atoms with van der Waals surface area (Å²) in [6, 6.07) is 16.5. The lowest BCUT2D eigenvalue weighted by Gasteiger charge is -2.38. The molecule has 2 aromatic heterocycles. The number of likely N-dealkylation sites (tertiary alicyclic amines) is 1. The van der Waals surface area contributed by atoms with Crippen molar-refractivity contribution in [2.75, 3.05) is 38.7 Å². The fourth-order valence-corrected chi connectivity index (χ4v) is 6.49. The highest BCUT2D eigenvalue weighted by molar-refractivity contribution is 6.39. The van der Waals surface area contributed by atoms with Gasteiger partial charge >= 0.3 is 0 Å². The largest absolute Gasteiger partial charge is 0.481 e. The van der Waals surface area contributed by atoms with Crippen LogP contribution in [0.4, 0.5) is 15.9 Å². The number of nitrogens with one attached hydrogen (secondary N) is 3. The van der Waals surface area contributed by atoms with E-state index in [1.54, 1.807) is 37.6 Å². The summed E-state index contributed by atoms with van der Waals surface area (Å²) in [5, 5.41) is 19.4. The number of aromatic nitrogens is 2. The molecule has 2 aliphatic rings. The van der Waals surface area contributed by atoms with Gasteiger partial charge in [0.15, 0.2) is 5.82 Å². The number of rotatable bonds is 12. The first-order valence-electron chi connectivity index (χ1n) is 15.2. The summed E-state index contributed by atoms with van der Waals surface area (Å²) in [4.78, 5) is 22.7. The highest BCUT2D eigenvalue weighted by Crippen LogP contribution is 2.41. The van der Waals surface area contributed by atoms with Crippen molar-refractivity contribution in [3.05, 3.63) is 87.8 Å². The van der Waals surface area contributed by atoms with Crippen LogP contribution < -0.4 is 20.7 Å². The van der Waals surface area contributed by atoms with Crippen molar-refractivity contribution in [3.8, 4) is 28.3 Å². The zero-order valence-corrected chi connectivity index (χ0v) is 26.8. The second-order valence-electron chi connectivity index (χ2n) is 11.6. The number of hydrogen-bond acceptors (Lipinski definition) is 8. The monoisotopic (exact) mass is 664 g/mol. The van der Waals surface area contributed by atoms with E-state index >= 15 is 4.39 Å². The molecule has 0 bridgehead atoms. The van der Waals surface area contributed by atoms with Gasteiger partial charge in [0, 0.05) is 91.7 Å². The van der Waals surface area contributed by atoms with E-state index in [4.69, 9.17) is 32.9 Å². The molecule has 2 fully saturated rings. The fraction of sp³-hybridized carbons (Fsp3) is 0.324. The number of halogens is 3. The molecule has 4 N–H and O–H groups in total. The standard InChI is InChI=1S/C34H35Cl2FN6O3/c1-46-34-21(14-38-15-23-9-11-29(45)40-23)8-10-27(42-34)26-6-3-5-24(30(26)35)25-12-13-39-33(31(25)36)41-28-7-2-4-22(32(28)37)18-43-16-20(17-43)19-44/h2-8,10,12-13,20,23,38,44H,9,11,14-19H2,1H3,(H,39,41)(H,40,45)/t23-/m1/s1. The Bertz CT molecular complexity index is 1740. The third-order valence-corrected chi connectivity index (χ3v) is 9.18. The van der Waals surface area contributed by atoms with Gasteiger partial charge in [-0.15, -0.1) is 0 Å². The maximum Gasteiger partial charge on any atom is 0.220 e. The lowest BCUT2D eigenvalue weighted by Crippen LogP contribution is -2.47. The Morgan fingerprint density at radius 2 is 1.83 bits per heavy atom. The van der Waals surface area contributed by atoms with Gasteiger partial charge in [-0.3, -0.25) is 9.69 Å². The molecule has 46 heavy (non-hydrogen) atoms. The number of hydrogen-bond donors (Lipinski definition) is 4. The molecule has 4 aromatic rings. The first-order valence-corrected chi connectivity index (χ1v) is 16.0. The second kappa shape index (κ2) is 14.3.